The molecule has 3 aromatic carbocycles. The Morgan fingerprint density at radius 1 is 0.886 bits per heavy atom. The third-order valence-electron chi connectivity index (χ3n) is 6.23. The smallest absolute Gasteiger partial charge is 0.347 e. The largest absolute Gasteiger partial charge is 0.463 e. The Labute approximate surface area is 203 Å². The van der Waals surface area contributed by atoms with Gasteiger partial charge in [-0.3, -0.25) is 0 Å². The highest BCUT2D eigenvalue weighted by atomic mass is 19.1. The van der Waals surface area contributed by atoms with Crippen molar-refractivity contribution in [3.05, 3.63) is 120 Å². The molecule has 182 valence electrons. The van der Waals surface area contributed by atoms with Gasteiger partial charge >= 0.3 is 5.97 Å². The van der Waals surface area contributed by atoms with Crippen LogP contribution in [0.1, 0.15) is 30.0 Å². The minimum atomic E-state index is -2.19. The van der Waals surface area contributed by atoms with E-state index in [1.807, 2.05) is 30.6 Å². The Kier molecular flexibility index (Phi) is 7.46. The number of hydrogen-bond acceptors (Lipinski definition) is 5. The van der Waals surface area contributed by atoms with Crippen molar-refractivity contribution < 1.29 is 23.4 Å². The zero-order chi connectivity index (χ0) is 24.8. The van der Waals surface area contributed by atoms with Crippen molar-refractivity contribution in [1.82, 2.24) is 9.80 Å². The highest BCUT2D eigenvalue weighted by Crippen LogP contribution is 2.32. The Bertz CT molecular complexity index is 1110. The molecule has 0 radical (unpaired) electrons. The SMILES string of the molecule is CC1N(CCCOC(=O)C(O)(c2ccc(F)cc2)c2ccc(F)cc2)C=CN1Cc1ccccc1. The predicted molar refractivity (Wildman–Crippen MR) is 129 cm³/mol. The van der Waals surface area contributed by atoms with Crippen LogP contribution in [0.15, 0.2) is 91.3 Å². The molecule has 0 fully saturated rings. The van der Waals surface area contributed by atoms with E-state index in [2.05, 4.69) is 28.9 Å². The average Bonchev–Trinajstić information content (AvgIpc) is 3.21. The number of carbonyl (C=O) groups is 1. The summed E-state index contributed by atoms with van der Waals surface area (Å²) >= 11 is 0. The molecule has 0 aliphatic carbocycles. The maximum atomic E-state index is 13.4. The van der Waals surface area contributed by atoms with Crippen LogP contribution in [0.2, 0.25) is 0 Å². The Morgan fingerprint density at radius 2 is 1.43 bits per heavy atom. The van der Waals surface area contributed by atoms with E-state index in [1.165, 1.54) is 29.8 Å². The third kappa shape index (κ3) is 5.52. The normalized spacial score (nSPS) is 15.5. The second kappa shape index (κ2) is 10.7. The van der Waals surface area contributed by atoms with Crippen molar-refractivity contribution in [3.63, 3.8) is 0 Å². The van der Waals surface area contributed by atoms with Gasteiger partial charge in [-0.05, 0) is 54.3 Å². The van der Waals surface area contributed by atoms with Crippen molar-refractivity contribution in [3.8, 4) is 0 Å². The van der Waals surface area contributed by atoms with Crippen molar-refractivity contribution in [2.45, 2.75) is 31.7 Å². The zero-order valence-corrected chi connectivity index (χ0v) is 19.5. The first kappa shape index (κ1) is 24.4. The minimum Gasteiger partial charge on any atom is -0.463 e. The third-order valence-corrected chi connectivity index (χ3v) is 6.23. The molecule has 1 aliphatic rings. The van der Waals surface area contributed by atoms with E-state index in [-0.39, 0.29) is 23.9 Å². The quantitative estimate of drug-likeness (QED) is 0.355. The van der Waals surface area contributed by atoms with E-state index >= 15 is 0 Å². The van der Waals surface area contributed by atoms with Gasteiger partial charge in [0, 0.05) is 25.5 Å². The lowest BCUT2D eigenvalue weighted by molar-refractivity contribution is -0.162. The fraction of sp³-hybridized carbons (Fsp3) is 0.250. The van der Waals surface area contributed by atoms with Gasteiger partial charge in [0.25, 0.3) is 0 Å². The number of nitrogens with zero attached hydrogens (tertiary/aromatic N) is 2. The molecule has 0 saturated carbocycles. The van der Waals surface area contributed by atoms with Gasteiger partial charge in [0.15, 0.2) is 0 Å². The van der Waals surface area contributed by atoms with Crippen molar-refractivity contribution in [2.24, 2.45) is 0 Å². The molecule has 7 heteroatoms. The van der Waals surface area contributed by atoms with E-state index in [1.54, 1.807) is 0 Å². The Morgan fingerprint density at radius 3 is 2.00 bits per heavy atom. The van der Waals surface area contributed by atoms with Crippen LogP contribution >= 0.6 is 0 Å². The molecule has 0 spiro atoms. The molecule has 1 unspecified atom stereocenters. The summed E-state index contributed by atoms with van der Waals surface area (Å²) in [5, 5.41) is 11.4. The summed E-state index contributed by atoms with van der Waals surface area (Å²) in [6, 6.07) is 20.1. The first-order chi connectivity index (χ1) is 16.9. The Hall–Kier alpha value is -3.71. The van der Waals surface area contributed by atoms with E-state index in [0.717, 1.165) is 30.8 Å². The number of esters is 1. The molecule has 3 aromatic rings. The van der Waals surface area contributed by atoms with Gasteiger partial charge in [0.2, 0.25) is 5.60 Å². The highest BCUT2D eigenvalue weighted by Gasteiger charge is 2.41. The number of rotatable bonds is 9. The summed E-state index contributed by atoms with van der Waals surface area (Å²) in [7, 11) is 0. The highest BCUT2D eigenvalue weighted by molar-refractivity contribution is 5.85. The molecule has 0 aromatic heterocycles. The molecule has 35 heavy (non-hydrogen) atoms. The van der Waals surface area contributed by atoms with E-state index in [4.69, 9.17) is 4.74 Å². The standard InChI is InChI=1S/C28H28F2N2O3/c1-21-31(17-18-32(21)20-22-6-3-2-4-7-22)16-5-19-35-27(33)28(34,23-8-12-25(29)13-9-23)24-10-14-26(30)15-11-24/h2-4,6-15,17-18,21,34H,5,16,19-20H2,1H3. The van der Waals surface area contributed by atoms with Gasteiger partial charge in [-0.25, -0.2) is 13.6 Å². The van der Waals surface area contributed by atoms with Gasteiger partial charge in [-0.1, -0.05) is 54.6 Å². The van der Waals surface area contributed by atoms with E-state index < -0.39 is 23.2 Å². The molecule has 4 rings (SSSR count). The van der Waals surface area contributed by atoms with Crippen molar-refractivity contribution in [1.29, 1.82) is 0 Å². The van der Waals surface area contributed by atoms with Crippen molar-refractivity contribution >= 4 is 5.97 Å². The number of halogens is 2. The van der Waals surface area contributed by atoms with Crippen molar-refractivity contribution in [2.75, 3.05) is 13.2 Å². The van der Waals surface area contributed by atoms with Crippen LogP contribution in [-0.2, 0) is 21.7 Å². The number of hydrogen-bond donors (Lipinski definition) is 1. The molecule has 1 heterocycles. The van der Waals surface area contributed by atoms with Crippen LogP contribution < -0.4 is 0 Å². The minimum absolute atomic E-state index is 0.0826. The maximum absolute atomic E-state index is 13.4. The van der Waals surface area contributed by atoms with Gasteiger partial charge in [-0.2, -0.15) is 0 Å². The number of aliphatic hydroxyl groups is 1. The second-order valence-electron chi connectivity index (χ2n) is 8.54. The summed E-state index contributed by atoms with van der Waals surface area (Å²) in [5.74, 6) is -1.90. The van der Waals surface area contributed by atoms with Crippen LogP contribution in [0.4, 0.5) is 8.78 Å². The van der Waals surface area contributed by atoms with Crippen LogP contribution in [0.25, 0.3) is 0 Å². The lowest BCUT2D eigenvalue weighted by Crippen LogP contribution is -2.39. The molecule has 1 atom stereocenters. The summed E-state index contributed by atoms with van der Waals surface area (Å²) in [5.41, 5.74) is -0.679. The maximum Gasteiger partial charge on any atom is 0.347 e. The molecule has 5 nitrogen and oxygen atoms in total. The molecule has 0 amide bonds. The molecular formula is C28H28F2N2O3. The Balaban J connectivity index is 1.36. The summed E-state index contributed by atoms with van der Waals surface area (Å²) in [6.45, 7) is 3.64. The molecule has 1 N–H and O–H groups in total. The molecular weight excluding hydrogens is 450 g/mol. The fourth-order valence-corrected chi connectivity index (χ4v) is 4.15. The van der Waals surface area contributed by atoms with E-state index in [9.17, 15) is 18.7 Å². The predicted octanol–water partition coefficient (Wildman–Crippen LogP) is 4.77. The first-order valence-corrected chi connectivity index (χ1v) is 11.5. The van der Waals surface area contributed by atoms with Gasteiger partial charge in [0.05, 0.1) is 12.8 Å². The molecule has 0 bridgehead atoms. The van der Waals surface area contributed by atoms with Crippen LogP contribution in [-0.4, -0.2) is 40.2 Å². The van der Waals surface area contributed by atoms with E-state index in [0.29, 0.717) is 13.0 Å². The summed E-state index contributed by atoms with van der Waals surface area (Å²) in [6.07, 6.45) is 4.76. The number of carbonyl (C=O) groups excluding carboxylic acids is 1. The van der Waals surface area contributed by atoms with Gasteiger partial charge in [-0.15, -0.1) is 0 Å². The van der Waals surface area contributed by atoms with Crippen LogP contribution in [0.5, 0.6) is 0 Å². The second-order valence-corrected chi connectivity index (χ2v) is 8.54. The number of benzene rings is 3. The molecule has 1 aliphatic heterocycles. The average molecular weight is 479 g/mol. The van der Waals surface area contributed by atoms with Crippen LogP contribution in [0.3, 0.4) is 0 Å². The zero-order valence-electron chi connectivity index (χ0n) is 19.5. The number of ether oxygens (including phenoxy) is 1. The van der Waals surface area contributed by atoms with Gasteiger partial charge in [0.1, 0.15) is 11.6 Å². The van der Waals surface area contributed by atoms with Crippen LogP contribution in [0, 0.1) is 11.6 Å². The summed E-state index contributed by atoms with van der Waals surface area (Å²) < 4.78 is 32.3. The first-order valence-electron chi connectivity index (χ1n) is 11.5. The topological polar surface area (TPSA) is 53.0 Å². The fourth-order valence-electron chi connectivity index (χ4n) is 4.15. The van der Waals surface area contributed by atoms with Gasteiger partial charge < -0.3 is 19.6 Å². The summed E-state index contributed by atoms with van der Waals surface area (Å²) in [4.78, 5) is 17.4. The monoisotopic (exact) mass is 478 g/mol. The lowest BCUT2D eigenvalue weighted by Gasteiger charge is -2.30. The molecule has 0 saturated heterocycles. The lowest BCUT2D eigenvalue weighted by atomic mass is 9.86.